The molecule has 0 atom stereocenters. The fourth-order valence-electron chi connectivity index (χ4n) is 3.81. The van der Waals surface area contributed by atoms with E-state index in [1.54, 1.807) is 24.3 Å². The first-order chi connectivity index (χ1) is 16.9. The molecule has 4 rings (SSSR count). The molecule has 1 saturated heterocycles. The molecule has 1 aliphatic rings. The van der Waals surface area contributed by atoms with Crippen LogP contribution in [0.15, 0.2) is 78.9 Å². The summed E-state index contributed by atoms with van der Waals surface area (Å²) >= 11 is 0. The van der Waals surface area contributed by atoms with Gasteiger partial charge in [0.25, 0.3) is 0 Å². The zero-order valence-corrected chi connectivity index (χ0v) is 18.9. The van der Waals surface area contributed by atoms with E-state index in [1.165, 1.54) is 18.2 Å². The normalized spacial score (nSPS) is 14.9. The molecule has 0 spiro atoms. The van der Waals surface area contributed by atoms with Crippen LogP contribution in [0.4, 0.5) is 14.5 Å². The maximum Gasteiger partial charge on any atom is 0.250 e. The van der Waals surface area contributed by atoms with Crippen molar-refractivity contribution in [3.63, 3.8) is 0 Å². The van der Waals surface area contributed by atoms with Crippen LogP contribution in [0.1, 0.15) is 18.4 Å². The predicted molar refractivity (Wildman–Crippen MR) is 130 cm³/mol. The monoisotopic (exact) mass is 477 g/mol. The van der Waals surface area contributed by atoms with Crippen molar-refractivity contribution in [1.29, 1.82) is 0 Å². The van der Waals surface area contributed by atoms with Crippen LogP contribution in [0.3, 0.4) is 0 Å². The standard InChI is InChI=1S/C27H25F2N3O3/c28-23-12-6-19(18-24(23)29)7-13-25(33)32-27(14-16-30-17-15-27)26(34)31-20-8-10-22(11-9-20)35-21-4-2-1-3-5-21/h1-13,18,30H,14-17H2,(H,31,34)(H,32,33). The number of carbonyl (C=O) groups is 2. The Kier molecular flexibility index (Phi) is 7.52. The Morgan fingerprint density at radius 3 is 2.26 bits per heavy atom. The smallest absolute Gasteiger partial charge is 0.250 e. The van der Waals surface area contributed by atoms with Crippen molar-refractivity contribution in [3.8, 4) is 11.5 Å². The van der Waals surface area contributed by atoms with E-state index < -0.39 is 23.1 Å². The molecule has 1 fully saturated rings. The van der Waals surface area contributed by atoms with E-state index in [0.717, 1.165) is 12.1 Å². The molecule has 0 radical (unpaired) electrons. The molecule has 0 aromatic heterocycles. The number of benzene rings is 3. The first kappa shape index (κ1) is 24.1. The summed E-state index contributed by atoms with van der Waals surface area (Å²) in [5.41, 5.74) is -0.208. The van der Waals surface area contributed by atoms with E-state index in [4.69, 9.17) is 4.74 Å². The number of anilines is 1. The van der Waals surface area contributed by atoms with Crippen molar-refractivity contribution in [2.45, 2.75) is 18.4 Å². The molecule has 3 aromatic rings. The van der Waals surface area contributed by atoms with Crippen molar-refractivity contribution in [2.24, 2.45) is 0 Å². The summed E-state index contributed by atoms with van der Waals surface area (Å²) in [4.78, 5) is 25.9. The van der Waals surface area contributed by atoms with Crippen LogP contribution < -0.4 is 20.7 Å². The Bertz CT molecular complexity index is 1210. The van der Waals surface area contributed by atoms with Crippen LogP contribution in [0.5, 0.6) is 11.5 Å². The van der Waals surface area contributed by atoms with Crippen molar-refractivity contribution in [2.75, 3.05) is 18.4 Å². The minimum absolute atomic E-state index is 0.328. The number of hydrogen-bond acceptors (Lipinski definition) is 4. The van der Waals surface area contributed by atoms with Gasteiger partial charge in [0.1, 0.15) is 17.0 Å². The van der Waals surface area contributed by atoms with Crippen molar-refractivity contribution >= 4 is 23.6 Å². The highest BCUT2D eigenvalue weighted by molar-refractivity contribution is 6.03. The van der Waals surface area contributed by atoms with Gasteiger partial charge in [-0.05, 0) is 86.1 Å². The van der Waals surface area contributed by atoms with Crippen molar-refractivity contribution in [1.82, 2.24) is 10.6 Å². The van der Waals surface area contributed by atoms with Crippen LogP contribution in [-0.4, -0.2) is 30.4 Å². The lowest BCUT2D eigenvalue weighted by Crippen LogP contribution is -2.61. The summed E-state index contributed by atoms with van der Waals surface area (Å²) in [5, 5.41) is 8.89. The summed E-state index contributed by atoms with van der Waals surface area (Å²) < 4.78 is 32.3. The first-order valence-electron chi connectivity index (χ1n) is 11.2. The molecule has 8 heteroatoms. The third-order valence-corrected chi connectivity index (χ3v) is 5.72. The minimum atomic E-state index is -1.11. The van der Waals surface area contributed by atoms with Crippen LogP contribution in [0.25, 0.3) is 6.08 Å². The number of para-hydroxylation sites is 1. The molecular weight excluding hydrogens is 452 g/mol. The zero-order chi connectivity index (χ0) is 24.7. The van der Waals surface area contributed by atoms with Gasteiger partial charge in [-0.2, -0.15) is 0 Å². The highest BCUT2D eigenvalue weighted by Gasteiger charge is 2.40. The van der Waals surface area contributed by atoms with Gasteiger partial charge in [0.05, 0.1) is 0 Å². The molecule has 0 unspecified atom stereocenters. The number of halogens is 2. The molecule has 180 valence electrons. The molecule has 3 N–H and O–H groups in total. The summed E-state index contributed by atoms with van der Waals surface area (Å²) in [7, 11) is 0. The second-order valence-electron chi connectivity index (χ2n) is 8.22. The third kappa shape index (κ3) is 6.30. The SMILES string of the molecule is O=C(C=Cc1ccc(F)c(F)c1)NC1(C(=O)Nc2ccc(Oc3ccccc3)cc2)CCNCC1. The van der Waals surface area contributed by atoms with Crippen LogP contribution >= 0.6 is 0 Å². The van der Waals surface area contributed by atoms with E-state index in [2.05, 4.69) is 16.0 Å². The average molecular weight is 478 g/mol. The van der Waals surface area contributed by atoms with E-state index in [9.17, 15) is 18.4 Å². The summed E-state index contributed by atoms with van der Waals surface area (Å²) in [5.74, 6) is -1.46. The maximum atomic E-state index is 13.4. The number of piperidine rings is 1. The quantitative estimate of drug-likeness (QED) is 0.433. The Labute approximate surface area is 202 Å². The van der Waals surface area contributed by atoms with Crippen LogP contribution in [0, 0.1) is 11.6 Å². The minimum Gasteiger partial charge on any atom is -0.457 e. The molecule has 6 nitrogen and oxygen atoms in total. The van der Waals surface area contributed by atoms with Gasteiger partial charge < -0.3 is 20.7 Å². The van der Waals surface area contributed by atoms with Gasteiger partial charge >= 0.3 is 0 Å². The molecule has 35 heavy (non-hydrogen) atoms. The maximum absolute atomic E-state index is 13.4. The molecule has 0 bridgehead atoms. The number of rotatable bonds is 7. The lowest BCUT2D eigenvalue weighted by Gasteiger charge is -2.36. The number of carbonyl (C=O) groups excluding carboxylic acids is 2. The van der Waals surface area contributed by atoms with Crippen LogP contribution in [0.2, 0.25) is 0 Å². The van der Waals surface area contributed by atoms with Crippen molar-refractivity contribution in [3.05, 3.63) is 96.1 Å². The fraction of sp³-hybridized carbons (Fsp3) is 0.185. The van der Waals surface area contributed by atoms with E-state index >= 15 is 0 Å². The topological polar surface area (TPSA) is 79.5 Å². The van der Waals surface area contributed by atoms with Gasteiger partial charge in [-0.1, -0.05) is 24.3 Å². The first-order valence-corrected chi connectivity index (χ1v) is 11.2. The predicted octanol–water partition coefficient (Wildman–Crippen LogP) is 4.65. The highest BCUT2D eigenvalue weighted by Crippen LogP contribution is 2.25. The van der Waals surface area contributed by atoms with Crippen molar-refractivity contribution < 1.29 is 23.1 Å². The van der Waals surface area contributed by atoms with Gasteiger partial charge in [0.2, 0.25) is 11.8 Å². The largest absolute Gasteiger partial charge is 0.457 e. The number of hydrogen-bond donors (Lipinski definition) is 3. The van der Waals surface area contributed by atoms with Gasteiger partial charge in [0.15, 0.2) is 11.6 Å². The number of nitrogens with one attached hydrogen (secondary N) is 3. The second-order valence-corrected chi connectivity index (χ2v) is 8.22. The third-order valence-electron chi connectivity index (χ3n) is 5.72. The molecule has 2 amide bonds. The number of amides is 2. The Morgan fingerprint density at radius 1 is 0.886 bits per heavy atom. The van der Waals surface area contributed by atoms with E-state index in [1.807, 2.05) is 30.3 Å². The molecule has 1 aliphatic heterocycles. The van der Waals surface area contributed by atoms with Gasteiger partial charge in [-0.15, -0.1) is 0 Å². The summed E-state index contributed by atoms with van der Waals surface area (Å²) in [6.45, 7) is 1.12. The van der Waals surface area contributed by atoms with Gasteiger partial charge in [-0.3, -0.25) is 9.59 Å². The molecule has 1 heterocycles. The molecular formula is C27H25F2N3O3. The lowest BCUT2D eigenvalue weighted by atomic mass is 9.87. The number of ether oxygens (including phenoxy) is 1. The molecule has 0 aliphatic carbocycles. The van der Waals surface area contributed by atoms with Gasteiger partial charge in [-0.25, -0.2) is 8.78 Å². The lowest BCUT2D eigenvalue weighted by molar-refractivity contribution is -0.129. The molecule has 0 saturated carbocycles. The summed E-state index contributed by atoms with van der Waals surface area (Å²) in [6, 6.07) is 19.7. The fourth-order valence-corrected chi connectivity index (χ4v) is 3.81. The highest BCUT2D eigenvalue weighted by atomic mass is 19.2. The Hall–Kier alpha value is -4.04. The van der Waals surface area contributed by atoms with E-state index in [-0.39, 0.29) is 5.91 Å². The zero-order valence-electron chi connectivity index (χ0n) is 18.9. The average Bonchev–Trinajstić information content (AvgIpc) is 2.87. The molecule has 3 aromatic carbocycles. The Balaban J connectivity index is 1.42. The van der Waals surface area contributed by atoms with E-state index in [0.29, 0.717) is 48.7 Å². The van der Waals surface area contributed by atoms with Crippen LogP contribution in [-0.2, 0) is 9.59 Å². The second kappa shape index (κ2) is 10.9. The Morgan fingerprint density at radius 2 is 1.57 bits per heavy atom. The van der Waals surface area contributed by atoms with Gasteiger partial charge in [0, 0.05) is 11.8 Å². The summed E-state index contributed by atoms with van der Waals surface area (Å²) in [6.07, 6.45) is 3.38.